The van der Waals surface area contributed by atoms with Crippen molar-refractivity contribution in [3.05, 3.63) is 104 Å². The number of hydrogen-bond acceptors (Lipinski definition) is 4. The maximum atomic E-state index is 13.5. The van der Waals surface area contributed by atoms with E-state index in [9.17, 15) is 18.8 Å². The average Bonchev–Trinajstić information content (AvgIpc) is 3.34. The molecule has 4 aromatic rings. The van der Waals surface area contributed by atoms with Crippen LogP contribution in [0.25, 0.3) is 17.0 Å². The van der Waals surface area contributed by atoms with Crippen LogP contribution in [0, 0.1) is 5.82 Å². The first-order valence-electron chi connectivity index (χ1n) is 11.1. The van der Waals surface area contributed by atoms with Gasteiger partial charge in [0.15, 0.2) is 0 Å². The second-order valence-electron chi connectivity index (χ2n) is 8.29. The Morgan fingerprint density at radius 3 is 2.59 bits per heavy atom. The van der Waals surface area contributed by atoms with Gasteiger partial charge in [-0.3, -0.25) is 19.3 Å². The maximum absolute atomic E-state index is 13.5. The Morgan fingerprint density at radius 1 is 1.08 bits per heavy atom. The summed E-state index contributed by atoms with van der Waals surface area (Å²) in [5, 5.41) is 3.37. The van der Waals surface area contributed by atoms with Crippen LogP contribution < -0.4 is 5.32 Å². The molecule has 6 nitrogen and oxygen atoms in total. The Bertz CT molecular complexity index is 1590. The lowest BCUT2D eigenvalue weighted by atomic mass is 10.1. The topological polar surface area (TPSA) is 71.4 Å². The lowest BCUT2D eigenvalue weighted by Gasteiger charge is -2.12. The van der Waals surface area contributed by atoms with Gasteiger partial charge < -0.3 is 9.88 Å². The molecule has 10 heteroatoms. The van der Waals surface area contributed by atoms with Crippen molar-refractivity contribution in [3.63, 3.8) is 0 Å². The first-order valence-corrected chi connectivity index (χ1v) is 13.1. The molecule has 1 saturated heterocycles. The van der Waals surface area contributed by atoms with Crippen LogP contribution in [-0.4, -0.2) is 33.1 Å². The van der Waals surface area contributed by atoms with E-state index in [2.05, 4.69) is 21.2 Å². The largest absolute Gasteiger partial charge is 0.342 e. The van der Waals surface area contributed by atoms with Crippen molar-refractivity contribution < 1.29 is 18.8 Å². The van der Waals surface area contributed by atoms with Gasteiger partial charge in [-0.2, -0.15) is 0 Å². The summed E-state index contributed by atoms with van der Waals surface area (Å²) >= 11 is 10.4. The minimum Gasteiger partial charge on any atom is -0.342 e. The standard InChI is InChI=1S/C27H18BrClFN3O3S/c28-18-6-9-20(10-7-18)31-25(34)15-33-26(35)24(37-27(33)36)11-17-14-32(23-4-2-1-3-21(17)23)13-16-5-8-19(30)12-22(16)29/h1-12,14H,13,15H2,(H,31,34)/b24-11-. The van der Waals surface area contributed by atoms with Gasteiger partial charge in [-0.15, -0.1) is 0 Å². The van der Waals surface area contributed by atoms with Crippen molar-refractivity contribution in [2.45, 2.75) is 6.54 Å². The third-order valence-corrected chi connectivity index (χ3v) is 7.55. The van der Waals surface area contributed by atoms with E-state index in [4.69, 9.17) is 11.6 Å². The number of carbonyl (C=O) groups is 3. The number of nitrogens with one attached hydrogen (secondary N) is 1. The molecule has 1 fully saturated rings. The Labute approximate surface area is 229 Å². The SMILES string of the molecule is O=C(CN1C(=O)S/C(=C\c2cn(Cc3ccc(F)cc3Cl)c3ccccc23)C1=O)Nc1ccc(Br)cc1. The van der Waals surface area contributed by atoms with E-state index in [-0.39, 0.29) is 11.4 Å². The zero-order valence-electron chi connectivity index (χ0n) is 19.1. The minimum atomic E-state index is -0.528. The number of rotatable bonds is 6. The van der Waals surface area contributed by atoms with Gasteiger partial charge in [0.05, 0.1) is 4.91 Å². The van der Waals surface area contributed by atoms with E-state index in [1.807, 2.05) is 35.0 Å². The summed E-state index contributed by atoms with van der Waals surface area (Å²) in [4.78, 5) is 39.2. The van der Waals surface area contributed by atoms with Gasteiger partial charge in [0.1, 0.15) is 12.4 Å². The maximum Gasteiger partial charge on any atom is 0.294 e. The number of carbonyl (C=O) groups excluding carboxylic acids is 3. The number of amides is 3. The summed E-state index contributed by atoms with van der Waals surface area (Å²) < 4.78 is 16.3. The van der Waals surface area contributed by atoms with Crippen LogP contribution in [0.5, 0.6) is 0 Å². The van der Waals surface area contributed by atoms with Gasteiger partial charge in [-0.05, 0) is 65.9 Å². The molecule has 0 unspecified atom stereocenters. The van der Waals surface area contributed by atoms with E-state index in [1.54, 1.807) is 36.4 Å². The Balaban J connectivity index is 1.38. The van der Waals surface area contributed by atoms with Crippen molar-refractivity contribution in [2.75, 3.05) is 11.9 Å². The van der Waals surface area contributed by atoms with E-state index in [1.165, 1.54) is 12.1 Å². The molecule has 3 aromatic carbocycles. The lowest BCUT2D eigenvalue weighted by Crippen LogP contribution is -2.36. The molecule has 37 heavy (non-hydrogen) atoms. The van der Waals surface area contributed by atoms with Crippen LogP contribution >= 0.6 is 39.3 Å². The van der Waals surface area contributed by atoms with Crippen molar-refractivity contribution in [3.8, 4) is 0 Å². The molecule has 1 N–H and O–H groups in total. The molecule has 0 spiro atoms. The summed E-state index contributed by atoms with van der Waals surface area (Å²) in [6, 6.07) is 18.9. The Hall–Kier alpha value is -3.40. The van der Waals surface area contributed by atoms with E-state index in [0.717, 1.165) is 43.2 Å². The van der Waals surface area contributed by atoms with Gasteiger partial charge in [0.2, 0.25) is 5.91 Å². The van der Waals surface area contributed by atoms with Crippen LogP contribution in [0.4, 0.5) is 14.9 Å². The fourth-order valence-corrected chi connectivity index (χ4v) is 5.33. The molecule has 3 amide bonds. The quantitative estimate of drug-likeness (QED) is 0.245. The number of para-hydroxylation sites is 1. The zero-order valence-corrected chi connectivity index (χ0v) is 22.2. The van der Waals surface area contributed by atoms with E-state index in [0.29, 0.717) is 17.3 Å². The molecule has 0 atom stereocenters. The predicted octanol–water partition coefficient (Wildman–Crippen LogP) is 6.92. The molecule has 0 radical (unpaired) electrons. The number of fused-ring (bicyclic) bond motifs is 1. The number of aromatic nitrogens is 1. The Morgan fingerprint density at radius 2 is 1.84 bits per heavy atom. The van der Waals surface area contributed by atoms with Crippen molar-refractivity contribution in [1.82, 2.24) is 9.47 Å². The predicted molar refractivity (Wildman–Crippen MR) is 148 cm³/mol. The molecule has 0 bridgehead atoms. The fraction of sp³-hybridized carbons (Fsp3) is 0.0741. The fourth-order valence-electron chi connectivity index (χ4n) is 4.01. The van der Waals surface area contributed by atoms with Crippen LogP contribution in [0.1, 0.15) is 11.1 Å². The van der Waals surface area contributed by atoms with E-state index < -0.39 is 22.9 Å². The van der Waals surface area contributed by atoms with Gasteiger partial charge >= 0.3 is 0 Å². The van der Waals surface area contributed by atoms with Crippen LogP contribution in [0.3, 0.4) is 0 Å². The minimum absolute atomic E-state index is 0.226. The molecular weight excluding hydrogens is 581 g/mol. The van der Waals surface area contributed by atoms with Crippen LogP contribution in [-0.2, 0) is 16.1 Å². The lowest BCUT2D eigenvalue weighted by molar-refractivity contribution is -0.127. The normalized spacial score (nSPS) is 14.7. The number of benzene rings is 3. The summed E-state index contributed by atoms with van der Waals surface area (Å²) in [7, 11) is 0. The van der Waals surface area contributed by atoms with Crippen molar-refractivity contribution in [2.24, 2.45) is 0 Å². The van der Waals surface area contributed by atoms with Gasteiger partial charge in [-0.25, -0.2) is 4.39 Å². The van der Waals surface area contributed by atoms with Gasteiger partial charge in [0, 0.05) is 44.4 Å². The molecule has 186 valence electrons. The highest BCUT2D eigenvalue weighted by Crippen LogP contribution is 2.34. The molecule has 0 aliphatic carbocycles. The van der Waals surface area contributed by atoms with Crippen LogP contribution in [0.15, 0.2) is 82.3 Å². The number of imide groups is 1. The third-order valence-electron chi connectivity index (χ3n) is 5.77. The average molecular weight is 599 g/mol. The highest BCUT2D eigenvalue weighted by atomic mass is 79.9. The molecule has 1 aliphatic heterocycles. The molecule has 0 saturated carbocycles. The summed E-state index contributed by atoms with van der Waals surface area (Å²) in [6.07, 6.45) is 3.52. The zero-order chi connectivity index (χ0) is 26.1. The second kappa shape index (κ2) is 10.5. The Kier molecular flexibility index (Phi) is 7.19. The monoisotopic (exact) mass is 597 g/mol. The van der Waals surface area contributed by atoms with Crippen LogP contribution in [0.2, 0.25) is 5.02 Å². The molecule has 1 aromatic heterocycles. The molecular formula is C27H18BrClFN3O3S. The molecule has 2 heterocycles. The highest BCUT2D eigenvalue weighted by Gasteiger charge is 2.36. The summed E-state index contributed by atoms with van der Waals surface area (Å²) in [5.74, 6) is -1.41. The van der Waals surface area contributed by atoms with Gasteiger partial charge in [-0.1, -0.05) is 51.8 Å². The second-order valence-corrected chi connectivity index (χ2v) is 10.6. The van der Waals surface area contributed by atoms with E-state index >= 15 is 0 Å². The highest BCUT2D eigenvalue weighted by molar-refractivity contribution is 9.10. The number of anilines is 1. The van der Waals surface area contributed by atoms with Gasteiger partial charge in [0.25, 0.3) is 11.1 Å². The smallest absolute Gasteiger partial charge is 0.294 e. The first kappa shape index (κ1) is 25.3. The first-order chi connectivity index (χ1) is 17.8. The van der Waals surface area contributed by atoms with Crippen molar-refractivity contribution >= 4 is 79.0 Å². The van der Waals surface area contributed by atoms with Crippen molar-refractivity contribution in [1.29, 1.82) is 0 Å². The third kappa shape index (κ3) is 5.49. The number of nitrogens with zero attached hydrogens (tertiary/aromatic N) is 2. The number of hydrogen-bond donors (Lipinski definition) is 1. The molecule has 5 rings (SSSR count). The molecule has 1 aliphatic rings. The number of thioether (sulfide) groups is 1. The number of halogens is 3. The summed E-state index contributed by atoms with van der Waals surface area (Å²) in [6.45, 7) is 0.00801. The summed E-state index contributed by atoms with van der Waals surface area (Å²) in [5.41, 5.74) is 2.93.